The van der Waals surface area contributed by atoms with Crippen LogP contribution in [0.25, 0.3) is 6.08 Å². The maximum absolute atomic E-state index is 10.6. The summed E-state index contributed by atoms with van der Waals surface area (Å²) in [6.45, 7) is 9.88. The van der Waals surface area contributed by atoms with E-state index in [1.165, 1.54) is 17.4 Å². The summed E-state index contributed by atoms with van der Waals surface area (Å²) in [6.07, 6.45) is 4.12. The van der Waals surface area contributed by atoms with Crippen LogP contribution in [0.5, 0.6) is 0 Å². The molecule has 1 saturated heterocycles. The highest BCUT2D eigenvalue weighted by Gasteiger charge is 2.20. The Morgan fingerprint density at radius 1 is 1.43 bits per heavy atom. The van der Waals surface area contributed by atoms with E-state index in [2.05, 4.69) is 23.6 Å². The van der Waals surface area contributed by atoms with Crippen molar-refractivity contribution in [3.05, 3.63) is 28.0 Å². The summed E-state index contributed by atoms with van der Waals surface area (Å²) in [5.74, 6) is -0.894. The number of piperazine rings is 1. The molecular weight excluding hydrogens is 284 g/mol. The van der Waals surface area contributed by atoms with Gasteiger partial charge in [-0.05, 0) is 36.4 Å². The van der Waals surface area contributed by atoms with E-state index in [0.29, 0.717) is 6.04 Å². The molecule has 0 bridgehead atoms. The molecule has 0 amide bonds. The van der Waals surface area contributed by atoms with Gasteiger partial charge in [-0.25, -0.2) is 4.79 Å². The average Bonchev–Trinajstić information content (AvgIpc) is 2.92. The van der Waals surface area contributed by atoms with Gasteiger partial charge in [0.05, 0.1) is 0 Å². The van der Waals surface area contributed by atoms with Gasteiger partial charge in [0.15, 0.2) is 0 Å². The lowest BCUT2D eigenvalue weighted by molar-refractivity contribution is -0.131. The number of hydrogen-bond acceptors (Lipinski definition) is 4. The summed E-state index contributed by atoms with van der Waals surface area (Å²) in [5.41, 5.74) is 1.03. The van der Waals surface area contributed by atoms with Crippen LogP contribution in [0.4, 0.5) is 0 Å². The van der Waals surface area contributed by atoms with E-state index >= 15 is 0 Å². The number of thiophene rings is 1. The number of carboxylic acid groups (broad SMARTS) is 1. The van der Waals surface area contributed by atoms with Gasteiger partial charge >= 0.3 is 5.97 Å². The maximum atomic E-state index is 10.6. The minimum atomic E-state index is -0.894. The smallest absolute Gasteiger partial charge is 0.328 e. The number of aliphatic carboxylic acids is 1. The van der Waals surface area contributed by atoms with Crippen LogP contribution in [-0.2, 0) is 11.3 Å². The minimum absolute atomic E-state index is 0.669. The van der Waals surface area contributed by atoms with Gasteiger partial charge < -0.3 is 5.11 Å². The first-order chi connectivity index (χ1) is 10.1. The number of nitrogens with zero attached hydrogens (tertiary/aromatic N) is 2. The Hall–Kier alpha value is -1.17. The van der Waals surface area contributed by atoms with Crippen molar-refractivity contribution in [2.75, 3.05) is 26.2 Å². The van der Waals surface area contributed by atoms with Crippen molar-refractivity contribution < 1.29 is 9.90 Å². The molecule has 1 aromatic rings. The van der Waals surface area contributed by atoms with Gasteiger partial charge in [-0.1, -0.05) is 6.92 Å². The van der Waals surface area contributed by atoms with Crippen molar-refractivity contribution in [1.82, 2.24) is 9.80 Å². The molecule has 1 aromatic heterocycles. The number of carboxylic acids is 1. The second-order valence-electron chi connectivity index (χ2n) is 5.54. The second kappa shape index (κ2) is 7.73. The van der Waals surface area contributed by atoms with Crippen LogP contribution < -0.4 is 0 Å². The predicted molar refractivity (Wildman–Crippen MR) is 87.6 cm³/mol. The zero-order valence-electron chi connectivity index (χ0n) is 12.8. The third-order valence-electron chi connectivity index (χ3n) is 4.17. The van der Waals surface area contributed by atoms with Crippen molar-refractivity contribution in [2.24, 2.45) is 0 Å². The van der Waals surface area contributed by atoms with Crippen LogP contribution in [0.3, 0.4) is 0 Å². The number of rotatable bonds is 6. The molecule has 2 rings (SSSR count). The topological polar surface area (TPSA) is 43.8 Å². The van der Waals surface area contributed by atoms with Gasteiger partial charge in [0, 0.05) is 49.7 Å². The Morgan fingerprint density at radius 3 is 2.76 bits per heavy atom. The molecule has 0 radical (unpaired) electrons. The fraction of sp³-hybridized carbons (Fsp3) is 0.562. The zero-order chi connectivity index (χ0) is 15.2. The zero-order valence-corrected chi connectivity index (χ0v) is 13.6. The minimum Gasteiger partial charge on any atom is -0.478 e. The molecule has 0 spiro atoms. The molecule has 5 heteroatoms. The summed E-state index contributed by atoms with van der Waals surface area (Å²) in [4.78, 5) is 16.9. The van der Waals surface area contributed by atoms with Crippen LogP contribution in [0.15, 0.2) is 17.5 Å². The third kappa shape index (κ3) is 4.66. The Balaban J connectivity index is 1.89. The quantitative estimate of drug-likeness (QED) is 0.821. The van der Waals surface area contributed by atoms with Crippen molar-refractivity contribution in [1.29, 1.82) is 0 Å². The van der Waals surface area contributed by atoms with E-state index in [9.17, 15) is 4.79 Å². The molecular formula is C16H24N2O2S. The Labute approximate surface area is 130 Å². The molecule has 0 aromatic carbocycles. The van der Waals surface area contributed by atoms with E-state index in [1.807, 2.05) is 11.4 Å². The number of carbonyl (C=O) groups is 1. The lowest BCUT2D eigenvalue weighted by Gasteiger charge is -2.37. The van der Waals surface area contributed by atoms with E-state index < -0.39 is 5.97 Å². The van der Waals surface area contributed by atoms with Crippen LogP contribution in [0, 0.1) is 0 Å². The summed E-state index contributed by atoms with van der Waals surface area (Å²) in [7, 11) is 0. The van der Waals surface area contributed by atoms with E-state index in [1.54, 1.807) is 17.4 Å². The average molecular weight is 308 g/mol. The van der Waals surface area contributed by atoms with E-state index in [-0.39, 0.29) is 0 Å². The highest BCUT2D eigenvalue weighted by molar-refractivity contribution is 7.10. The molecule has 1 atom stereocenters. The van der Waals surface area contributed by atoms with Gasteiger partial charge in [-0.3, -0.25) is 9.80 Å². The molecule has 2 heterocycles. The number of hydrogen-bond donors (Lipinski definition) is 1. The Morgan fingerprint density at radius 2 is 2.14 bits per heavy atom. The highest BCUT2D eigenvalue weighted by atomic mass is 32.1. The summed E-state index contributed by atoms with van der Waals surface area (Å²) >= 11 is 1.71. The first-order valence-electron chi connectivity index (χ1n) is 7.54. The van der Waals surface area contributed by atoms with Crippen molar-refractivity contribution in [2.45, 2.75) is 32.9 Å². The Kier molecular flexibility index (Phi) is 5.96. The molecule has 4 nitrogen and oxygen atoms in total. The van der Waals surface area contributed by atoms with Gasteiger partial charge in [-0.15, -0.1) is 11.3 Å². The van der Waals surface area contributed by atoms with Gasteiger partial charge in [-0.2, -0.15) is 0 Å². The second-order valence-corrected chi connectivity index (χ2v) is 6.54. The van der Waals surface area contributed by atoms with E-state index in [4.69, 9.17) is 5.11 Å². The van der Waals surface area contributed by atoms with Crippen molar-refractivity contribution >= 4 is 23.4 Å². The summed E-state index contributed by atoms with van der Waals surface area (Å²) in [5, 5.41) is 10.8. The Bertz CT molecular complexity index is 490. The fourth-order valence-electron chi connectivity index (χ4n) is 2.61. The maximum Gasteiger partial charge on any atom is 0.328 e. The lowest BCUT2D eigenvalue weighted by Crippen LogP contribution is -2.48. The van der Waals surface area contributed by atoms with Gasteiger partial charge in [0.2, 0.25) is 0 Å². The highest BCUT2D eigenvalue weighted by Crippen LogP contribution is 2.21. The molecule has 1 fully saturated rings. The lowest BCUT2D eigenvalue weighted by atomic mass is 10.1. The van der Waals surface area contributed by atoms with Crippen LogP contribution in [-0.4, -0.2) is 53.1 Å². The fourth-order valence-corrected chi connectivity index (χ4v) is 3.52. The van der Waals surface area contributed by atoms with Gasteiger partial charge in [0.1, 0.15) is 0 Å². The molecule has 1 N–H and O–H groups in total. The van der Waals surface area contributed by atoms with Crippen LogP contribution in [0.2, 0.25) is 0 Å². The van der Waals surface area contributed by atoms with Crippen molar-refractivity contribution in [3.8, 4) is 0 Å². The molecule has 1 aliphatic rings. The molecule has 0 saturated carbocycles. The largest absolute Gasteiger partial charge is 0.478 e. The molecule has 21 heavy (non-hydrogen) atoms. The van der Waals surface area contributed by atoms with Crippen molar-refractivity contribution in [3.63, 3.8) is 0 Å². The van der Waals surface area contributed by atoms with Crippen LogP contribution >= 0.6 is 11.3 Å². The monoisotopic (exact) mass is 308 g/mol. The summed E-state index contributed by atoms with van der Waals surface area (Å²) in [6, 6.07) is 2.66. The molecule has 1 aliphatic heterocycles. The predicted octanol–water partition coefficient (Wildman–Crippen LogP) is 2.76. The van der Waals surface area contributed by atoms with E-state index in [0.717, 1.165) is 38.3 Å². The normalized spacial score (nSPS) is 19.1. The molecule has 0 aliphatic carbocycles. The SMILES string of the molecule is CCC(C)N1CCN(Cc2sccc2C=CC(=O)O)CC1. The first-order valence-corrected chi connectivity index (χ1v) is 8.42. The van der Waals surface area contributed by atoms with Gasteiger partial charge in [0.25, 0.3) is 0 Å². The molecule has 1 unspecified atom stereocenters. The first kappa shape index (κ1) is 16.2. The molecule has 116 valence electrons. The summed E-state index contributed by atoms with van der Waals surface area (Å²) < 4.78 is 0. The van der Waals surface area contributed by atoms with Crippen LogP contribution in [0.1, 0.15) is 30.7 Å². The third-order valence-corrected chi connectivity index (χ3v) is 5.10. The standard InChI is InChI=1S/C16H24N2O2S/c1-3-13(2)18-9-7-17(8-10-18)12-15-14(6-11-21-15)4-5-16(19)20/h4-6,11,13H,3,7-10,12H2,1-2H3,(H,19,20).